The van der Waals surface area contributed by atoms with E-state index in [2.05, 4.69) is 18.7 Å². The van der Waals surface area contributed by atoms with Gasteiger partial charge >= 0.3 is 5.97 Å². The fourth-order valence-electron chi connectivity index (χ4n) is 2.96. The number of aromatic carboxylic acids is 1. The van der Waals surface area contributed by atoms with E-state index in [0.717, 1.165) is 37.3 Å². The van der Waals surface area contributed by atoms with Gasteiger partial charge in [-0.2, -0.15) is 0 Å². The fraction of sp³-hybridized carbons (Fsp3) is 0.500. The van der Waals surface area contributed by atoms with Crippen LogP contribution in [0.5, 0.6) is 0 Å². The second-order valence-electron chi connectivity index (χ2n) is 5.85. The van der Waals surface area contributed by atoms with Crippen molar-refractivity contribution in [2.45, 2.75) is 39.2 Å². The minimum absolute atomic E-state index is 0.475. The van der Waals surface area contributed by atoms with E-state index < -0.39 is 5.97 Å². The van der Waals surface area contributed by atoms with E-state index in [4.69, 9.17) is 4.98 Å². The first-order chi connectivity index (χ1) is 10.5. The van der Waals surface area contributed by atoms with Gasteiger partial charge in [0.2, 0.25) is 0 Å². The monoisotopic (exact) mass is 336 g/mol. The van der Waals surface area contributed by atoms with Gasteiger partial charge in [0.15, 0.2) is 0 Å². The van der Waals surface area contributed by atoms with Crippen molar-refractivity contribution in [1.29, 1.82) is 0 Å². The molecule has 3 rings (SSSR count). The number of carboxylic acids is 1. The van der Waals surface area contributed by atoms with Crippen molar-refractivity contribution in [1.82, 2.24) is 9.88 Å². The molecule has 1 saturated heterocycles. The normalized spacial score (nSPS) is 19.5. The highest BCUT2D eigenvalue weighted by atomic mass is 32.1. The molecule has 6 heteroatoms. The Morgan fingerprint density at radius 1 is 1.50 bits per heavy atom. The molecular weight excluding hydrogens is 316 g/mol. The lowest BCUT2D eigenvalue weighted by Crippen LogP contribution is -2.34. The highest BCUT2D eigenvalue weighted by molar-refractivity contribution is 7.12. The number of nitrogens with zero attached hydrogens (tertiary/aromatic N) is 2. The van der Waals surface area contributed by atoms with Gasteiger partial charge in [-0.1, -0.05) is 0 Å². The molecule has 118 valence electrons. The number of carboxylic acid groups (broad SMARTS) is 1. The van der Waals surface area contributed by atoms with E-state index in [-0.39, 0.29) is 0 Å². The van der Waals surface area contributed by atoms with Crippen molar-refractivity contribution in [3.05, 3.63) is 37.5 Å². The summed E-state index contributed by atoms with van der Waals surface area (Å²) >= 11 is 3.12. The number of hydrogen-bond acceptors (Lipinski definition) is 5. The maximum absolute atomic E-state index is 11.2. The largest absolute Gasteiger partial charge is 0.477 e. The van der Waals surface area contributed by atoms with Crippen LogP contribution in [0.25, 0.3) is 0 Å². The molecule has 0 spiro atoms. The van der Waals surface area contributed by atoms with Crippen LogP contribution in [0.1, 0.15) is 49.6 Å². The second-order valence-corrected chi connectivity index (χ2v) is 8.00. The predicted octanol–water partition coefficient (Wildman–Crippen LogP) is 3.90. The van der Waals surface area contributed by atoms with E-state index in [9.17, 15) is 9.90 Å². The molecule has 1 unspecified atom stereocenters. The number of thiazole rings is 1. The molecule has 22 heavy (non-hydrogen) atoms. The maximum atomic E-state index is 11.2. The number of aromatic nitrogens is 1. The number of thiophene rings is 1. The van der Waals surface area contributed by atoms with Gasteiger partial charge in [-0.25, -0.2) is 9.78 Å². The van der Waals surface area contributed by atoms with Crippen molar-refractivity contribution >= 4 is 28.6 Å². The minimum atomic E-state index is -0.815. The maximum Gasteiger partial charge on any atom is 0.346 e. The van der Waals surface area contributed by atoms with Crippen molar-refractivity contribution in [3.8, 4) is 0 Å². The van der Waals surface area contributed by atoms with Gasteiger partial charge in [-0.05, 0) is 50.2 Å². The summed E-state index contributed by atoms with van der Waals surface area (Å²) < 4.78 is 0. The number of piperidine rings is 1. The molecule has 1 aliphatic rings. The standard InChI is InChI=1S/C16H20N2O2S2/c1-10-11(2)22-15(17-10)13-4-3-6-18(9-13)8-12-5-7-21-14(12)16(19)20/h5,7,13H,3-4,6,8-9H2,1-2H3,(H,19,20). The molecule has 2 aromatic rings. The van der Waals surface area contributed by atoms with Crippen molar-refractivity contribution in [2.24, 2.45) is 0 Å². The average molecular weight is 336 g/mol. The molecule has 1 aliphatic heterocycles. The molecule has 0 bridgehead atoms. The predicted molar refractivity (Wildman–Crippen MR) is 90.1 cm³/mol. The van der Waals surface area contributed by atoms with E-state index >= 15 is 0 Å². The Hall–Kier alpha value is -1.24. The number of likely N-dealkylation sites (tertiary alicyclic amines) is 1. The van der Waals surface area contributed by atoms with Crippen LogP contribution in [-0.2, 0) is 6.54 Å². The lowest BCUT2D eigenvalue weighted by molar-refractivity contribution is 0.0699. The number of rotatable bonds is 4. The zero-order chi connectivity index (χ0) is 15.7. The molecule has 2 aromatic heterocycles. The molecular formula is C16H20N2O2S2. The molecule has 0 amide bonds. The Morgan fingerprint density at radius 3 is 3.00 bits per heavy atom. The van der Waals surface area contributed by atoms with E-state index in [1.165, 1.54) is 27.6 Å². The number of carbonyl (C=O) groups is 1. The third-order valence-electron chi connectivity index (χ3n) is 4.23. The Balaban J connectivity index is 1.70. The van der Waals surface area contributed by atoms with Crippen LogP contribution in [0.15, 0.2) is 11.4 Å². The summed E-state index contributed by atoms with van der Waals surface area (Å²) in [6, 6.07) is 1.94. The Kier molecular flexibility index (Phi) is 4.61. The van der Waals surface area contributed by atoms with E-state index in [1.54, 1.807) is 0 Å². The quantitative estimate of drug-likeness (QED) is 0.920. The van der Waals surface area contributed by atoms with Crippen LogP contribution in [-0.4, -0.2) is 34.0 Å². The SMILES string of the molecule is Cc1nc(C2CCCN(Cc3ccsc3C(=O)O)C2)sc1C. The van der Waals surface area contributed by atoms with Gasteiger partial charge in [0.1, 0.15) is 4.88 Å². The van der Waals surface area contributed by atoms with Crippen LogP contribution in [0.3, 0.4) is 0 Å². The van der Waals surface area contributed by atoms with Crippen LogP contribution >= 0.6 is 22.7 Å². The molecule has 0 aromatic carbocycles. The summed E-state index contributed by atoms with van der Waals surface area (Å²) in [4.78, 5) is 20.1. The molecule has 1 N–H and O–H groups in total. The molecule has 0 aliphatic carbocycles. The summed E-state index contributed by atoms with van der Waals surface area (Å²) in [6.45, 7) is 6.93. The summed E-state index contributed by atoms with van der Waals surface area (Å²) in [5.74, 6) is -0.331. The molecule has 4 nitrogen and oxygen atoms in total. The van der Waals surface area contributed by atoms with Crippen LogP contribution in [0, 0.1) is 13.8 Å². The highest BCUT2D eigenvalue weighted by Crippen LogP contribution is 2.32. The Bertz CT molecular complexity index is 658. The van der Waals surface area contributed by atoms with Crippen LogP contribution in [0.2, 0.25) is 0 Å². The molecule has 0 saturated carbocycles. The summed E-state index contributed by atoms with van der Waals surface area (Å²) in [7, 11) is 0. The van der Waals surface area contributed by atoms with Gasteiger partial charge in [0, 0.05) is 23.9 Å². The van der Waals surface area contributed by atoms with Crippen molar-refractivity contribution < 1.29 is 9.90 Å². The third kappa shape index (κ3) is 3.24. The number of hydrogen-bond donors (Lipinski definition) is 1. The minimum Gasteiger partial charge on any atom is -0.477 e. The zero-order valence-corrected chi connectivity index (χ0v) is 14.5. The first kappa shape index (κ1) is 15.6. The number of aryl methyl sites for hydroxylation is 2. The van der Waals surface area contributed by atoms with Gasteiger partial charge in [-0.15, -0.1) is 22.7 Å². The Labute approximate surface area is 138 Å². The Morgan fingerprint density at radius 2 is 2.32 bits per heavy atom. The topological polar surface area (TPSA) is 53.4 Å². The highest BCUT2D eigenvalue weighted by Gasteiger charge is 2.25. The lowest BCUT2D eigenvalue weighted by atomic mass is 9.98. The summed E-state index contributed by atoms with van der Waals surface area (Å²) in [6.07, 6.45) is 2.33. The third-order valence-corrected chi connectivity index (χ3v) is 6.41. The summed E-state index contributed by atoms with van der Waals surface area (Å²) in [5.41, 5.74) is 2.08. The van der Waals surface area contributed by atoms with Crippen molar-refractivity contribution in [3.63, 3.8) is 0 Å². The van der Waals surface area contributed by atoms with Crippen LogP contribution in [0.4, 0.5) is 0 Å². The van der Waals surface area contributed by atoms with E-state index in [0.29, 0.717) is 10.8 Å². The first-order valence-corrected chi connectivity index (χ1v) is 9.20. The van der Waals surface area contributed by atoms with Gasteiger partial charge in [-0.3, -0.25) is 4.90 Å². The van der Waals surface area contributed by atoms with Crippen LogP contribution < -0.4 is 0 Å². The lowest BCUT2D eigenvalue weighted by Gasteiger charge is -2.31. The first-order valence-electron chi connectivity index (χ1n) is 7.50. The smallest absolute Gasteiger partial charge is 0.346 e. The van der Waals surface area contributed by atoms with E-state index in [1.807, 2.05) is 22.8 Å². The summed E-state index contributed by atoms with van der Waals surface area (Å²) in [5, 5.41) is 12.3. The van der Waals surface area contributed by atoms with Gasteiger partial charge in [0.25, 0.3) is 0 Å². The molecule has 0 radical (unpaired) electrons. The fourth-order valence-corrected chi connectivity index (χ4v) is 4.76. The molecule has 3 heterocycles. The molecule has 1 atom stereocenters. The average Bonchev–Trinajstić information content (AvgIpc) is 3.07. The molecule has 1 fully saturated rings. The second kappa shape index (κ2) is 6.48. The zero-order valence-electron chi connectivity index (χ0n) is 12.8. The van der Waals surface area contributed by atoms with Gasteiger partial charge < -0.3 is 5.11 Å². The van der Waals surface area contributed by atoms with Gasteiger partial charge in [0.05, 0.1) is 10.7 Å². The van der Waals surface area contributed by atoms with Crippen molar-refractivity contribution in [2.75, 3.05) is 13.1 Å².